The first-order valence-electron chi connectivity index (χ1n) is 12.4. The molecular weight excluding hydrogens is 467 g/mol. The summed E-state index contributed by atoms with van der Waals surface area (Å²) in [5.41, 5.74) is 5.97. The van der Waals surface area contributed by atoms with Gasteiger partial charge in [-0.2, -0.15) is 5.10 Å². The Bertz CT molecular complexity index is 1570. The number of hydrogen-bond donors (Lipinski definition) is 2. The quantitative estimate of drug-likeness (QED) is 0.311. The maximum absolute atomic E-state index is 13.5. The Kier molecular flexibility index (Phi) is 6.06. The number of amides is 1. The SMILES string of the molecule is O=C(Nc1ccc(-c2cccc(F)c2)nc1)c1n[nH]c2ccc(-c3cncc(N4CCCCC4)c3)cc12. The van der Waals surface area contributed by atoms with Crippen LogP contribution in [0.3, 0.4) is 0 Å². The summed E-state index contributed by atoms with van der Waals surface area (Å²) in [4.78, 5) is 24.3. The number of fused-ring (bicyclic) bond motifs is 1. The molecule has 1 aliphatic heterocycles. The van der Waals surface area contributed by atoms with Gasteiger partial charge in [0.15, 0.2) is 5.69 Å². The molecule has 6 rings (SSSR count). The van der Waals surface area contributed by atoms with Gasteiger partial charge in [0.2, 0.25) is 0 Å². The fraction of sp³-hybridized carbons (Fsp3) is 0.172. The highest BCUT2D eigenvalue weighted by molar-refractivity contribution is 6.11. The third-order valence-corrected chi connectivity index (χ3v) is 6.70. The van der Waals surface area contributed by atoms with Gasteiger partial charge in [-0.1, -0.05) is 18.2 Å². The Balaban J connectivity index is 1.24. The van der Waals surface area contributed by atoms with Crippen molar-refractivity contribution < 1.29 is 9.18 Å². The van der Waals surface area contributed by atoms with Crippen LogP contribution in [-0.2, 0) is 0 Å². The van der Waals surface area contributed by atoms with Gasteiger partial charge in [0, 0.05) is 35.8 Å². The van der Waals surface area contributed by atoms with Crippen LogP contribution >= 0.6 is 0 Å². The second kappa shape index (κ2) is 9.81. The molecule has 1 saturated heterocycles. The van der Waals surface area contributed by atoms with Gasteiger partial charge in [-0.25, -0.2) is 4.39 Å². The summed E-state index contributed by atoms with van der Waals surface area (Å²) in [6, 6.07) is 17.8. The Labute approximate surface area is 213 Å². The highest BCUT2D eigenvalue weighted by atomic mass is 19.1. The molecule has 1 aliphatic rings. The Morgan fingerprint density at radius 2 is 1.78 bits per heavy atom. The minimum Gasteiger partial charge on any atom is -0.370 e. The van der Waals surface area contributed by atoms with Gasteiger partial charge in [-0.3, -0.25) is 19.9 Å². The third kappa shape index (κ3) is 4.78. The van der Waals surface area contributed by atoms with E-state index >= 15 is 0 Å². The minimum absolute atomic E-state index is 0.297. The number of hydrogen-bond acceptors (Lipinski definition) is 5. The number of benzene rings is 2. The fourth-order valence-corrected chi connectivity index (χ4v) is 4.75. The van der Waals surface area contributed by atoms with Crippen LogP contribution < -0.4 is 10.2 Å². The van der Waals surface area contributed by atoms with Gasteiger partial charge >= 0.3 is 0 Å². The molecule has 0 spiro atoms. The van der Waals surface area contributed by atoms with E-state index in [-0.39, 0.29) is 11.7 Å². The van der Waals surface area contributed by atoms with Crippen LogP contribution in [0.2, 0.25) is 0 Å². The lowest BCUT2D eigenvalue weighted by atomic mass is 10.0. The number of rotatable bonds is 5. The van der Waals surface area contributed by atoms with Crippen molar-refractivity contribution in [2.75, 3.05) is 23.3 Å². The predicted molar refractivity (Wildman–Crippen MR) is 143 cm³/mol. The van der Waals surface area contributed by atoms with Crippen LogP contribution in [0.4, 0.5) is 15.8 Å². The lowest BCUT2D eigenvalue weighted by Gasteiger charge is -2.28. The summed E-state index contributed by atoms with van der Waals surface area (Å²) >= 11 is 0. The number of nitrogens with one attached hydrogen (secondary N) is 2. The molecule has 2 N–H and O–H groups in total. The average molecular weight is 493 g/mol. The fourth-order valence-electron chi connectivity index (χ4n) is 4.75. The van der Waals surface area contributed by atoms with E-state index in [2.05, 4.69) is 36.4 Å². The van der Waals surface area contributed by atoms with Crippen molar-refractivity contribution in [1.29, 1.82) is 0 Å². The molecule has 2 aromatic carbocycles. The molecule has 184 valence electrons. The monoisotopic (exact) mass is 492 g/mol. The molecule has 4 heterocycles. The zero-order chi connectivity index (χ0) is 25.2. The molecule has 0 bridgehead atoms. The van der Waals surface area contributed by atoms with Gasteiger partial charge in [0.05, 0.1) is 35.0 Å². The smallest absolute Gasteiger partial charge is 0.276 e. The number of halogens is 1. The lowest BCUT2D eigenvalue weighted by Crippen LogP contribution is -2.29. The van der Waals surface area contributed by atoms with E-state index in [1.54, 1.807) is 30.5 Å². The van der Waals surface area contributed by atoms with Gasteiger partial charge in [-0.05, 0) is 67.3 Å². The van der Waals surface area contributed by atoms with Crippen LogP contribution in [0.5, 0.6) is 0 Å². The second-order valence-corrected chi connectivity index (χ2v) is 9.21. The normalized spacial score (nSPS) is 13.6. The number of anilines is 2. The van der Waals surface area contributed by atoms with Crippen molar-refractivity contribution in [2.45, 2.75) is 19.3 Å². The van der Waals surface area contributed by atoms with E-state index in [1.165, 1.54) is 31.4 Å². The van der Waals surface area contributed by atoms with Crippen molar-refractivity contribution in [3.05, 3.63) is 90.8 Å². The van der Waals surface area contributed by atoms with Crippen LogP contribution in [0.15, 0.2) is 79.3 Å². The van der Waals surface area contributed by atoms with E-state index in [9.17, 15) is 9.18 Å². The van der Waals surface area contributed by atoms with Gasteiger partial charge < -0.3 is 10.2 Å². The highest BCUT2D eigenvalue weighted by Crippen LogP contribution is 2.29. The summed E-state index contributed by atoms with van der Waals surface area (Å²) in [6.07, 6.45) is 8.99. The van der Waals surface area contributed by atoms with Crippen LogP contribution in [0.25, 0.3) is 33.3 Å². The molecule has 0 atom stereocenters. The first-order valence-corrected chi connectivity index (χ1v) is 12.4. The zero-order valence-corrected chi connectivity index (χ0v) is 20.1. The van der Waals surface area contributed by atoms with Gasteiger partial charge in [-0.15, -0.1) is 0 Å². The maximum Gasteiger partial charge on any atom is 0.276 e. The Hall–Kier alpha value is -4.59. The number of pyridine rings is 2. The summed E-state index contributed by atoms with van der Waals surface area (Å²) in [5, 5.41) is 10.8. The van der Waals surface area contributed by atoms with Gasteiger partial charge in [0.25, 0.3) is 5.91 Å². The van der Waals surface area contributed by atoms with E-state index < -0.39 is 0 Å². The summed E-state index contributed by atoms with van der Waals surface area (Å²) in [6.45, 7) is 2.10. The first-order chi connectivity index (χ1) is 18.1. The second-order valence-electron chi connectivity index (χ2n) is 9.21. The molecule has 5 aromatic rings. The van der Waals surface area contributed by atoms with Crippen molar-refractivity contribution in [3.8, 4) is 22.4 Å². The minimum atomic E-state index is -0.344. The van der Waals surface area contributed by atoms with E-state index in [0.717, 1.165) is 40.8 Å². The molecule has 1 fully saturated rings. The number of piperidine rings is 1. The molecule has 0 unspecified atom stereocenters. The van der Waals surface area contributed by atoms with Crippen molar-refractivity contribution in [2.24, 2.45) is 0 Å². The number of aromatic nitrogens is 4. The predicted octanol–water partition coefficient (Wildman–Crippen LogP) is 6.07. The Morgan fingerprint density at radius 1 is 0.892 bits per heavy atom. The largest absolute Gasteiger partial charge is 0.370 e. The maximum atomic E-state index is 13.5. The van der Waals surface area contributed by atoms with Crippen LogP contribution in [-0.4, -0.2) is 39.2 Å². The van der Waals surface area contributed by atoms with E-state index in [0.29, 0.717) is 22.6 Å². The number of aromatic amines is 1. The third-order valence-electron chi connectivity index (χ3n) is 6.70. The molecule has 3 aromatic heterocycles. The number of carbonyl (C=O) groups excluding carboxylic acids is 1. The standard InChI is InChI=1S/C29H25FN6O/c30-22-6-4-5-20(13-22)26-10-8-23(17-32-26)33-29(37)28-25-15-19(7-9-27(25)34-35-28)21-14-24(18-31-16-21)36-11-2-1-3-12-36/h4-10,13-18H,1-3,11-12H2,(H,33,37)(H,34,35). The zero-order valence-electron chi connectivity index (χ0n) is 20.1. The molecule has 1 amide bonds. The first kappa shape index (κ1) is 22.8. The van der Waals surface area contributed by atoms with Crippen molar-refractivity contribution in [1.82, 2.24) is 20.2 Å². The van der Waals surface area contributed by atoms with Crippen molar-refractivity contribution >= 4 is 28.2 Å². The summed E-state index contributed by atoms with van der Waals surface area (Å²) in [5.74, 6) is -0.667. The highest BCUT2D eigenvalue weighted by Gasteiger charge is 2.17. The number of nitrogens with zero attached hydrogens (tertiary/aromatic N) is 4. The Morgan fingerprint density at radius 3 is 2.59 bits per heavy atom. The van der Waals surface area contributed by atoms with E-state index in [4.69, 9.17) is 0 Å². The molecule has 0 aliphatic carbocycles. The number of carbonyl (C=O) groups is 1. The average Bonchev–Trinajstić information content (AvgIpc) is 3.38. The number of H-pyrrole nitrogens is 1. The molecule has 0 radical (unpaired) electrons. The molecule has 0 saturated carbocycles. The molecule has 8 heteroatoms. The van der Waals surface area contributed by atoms with Gasteiger partial charge in [0.1, 0.15) is 5.82 Å². The van der Waals surface area contributed by atoms with E-state index in [1.807, 2.05) is 30.6 Å². The molecule has 7 nitrogen and oxygen atoms in total. The van der Waals surface area contributed by atoms with Crippen LogP contribution in [0.1, 0.15) is 29.8 Å². The molecular formula is C29H25FN6O. The topological polar surface area (TPSA) is 86.8 Å². The lowest BCUT2D eigenvalue weighted by molar-refractivity contribution is 0.102. The summed E-state index contributed by atoms with van der Waals surface area (Å²) < 4.78 is 13.5. The van der Waals surface area contributed by atoms with Crippen molar-refractivity contribution in [3.63, 3.8) is 0 Å². The van der Waals surface area contributed by atoms with Crippen LogP contribution in [0, 0.1) is 5.82 Å². The molecule has 37 heavy (non-hydrogen) atoms. The summed E-state index contributed by atoms with van der Waals surface area (Å²) in [7, 11) is 0.